The topological polar surface area (TPSA) is 88.2 Å². The van der Waals surface area contributed by atoms with E-state index in [1.54, 1.807) is 13.8 Å². The number of aliphatic hydroxyl groups is 1. The summed E-state index contributed by atoms with van der Waals surface area (Å²) in [6.45, 7) is 3.88. The van der Waals surface area contributed by atoms with Crippen LogP contribution in [0.15, 0.2) is 0 Å². The van der Waals surface area contributed by atoms with E-state index in [4.69, 9.17) is 10.8 Å². The van der Waals surface area contributed by atoms with E-state index in [0.29, 0.717) is 28.7 Å². The van der Waals surface area contributed by atoms with Crippen molar-refractivity contribution in [3.8, 4) is 0 Å². The Hall–Kier alpha value is -1.14. The summed E-state index contributed by atoms with van der Waals surface area (Å²) in [6, 6.07) is 0. The molecule has 0 spiro atoms. The van der Waals surface area contributed by atoms with Gasteiger partial charge in [-0.25, -0.2) is 4.98 Å². The Balaban J connectivity index is 2.50. The molecule has 0 aromatic carbocycles. The average molecular weight is 229 g/mol. The number of carbonyl (C=O) groups is 1. The van der Waals surface area contributed by atoms with Crippen LogP contribution in [-0.4, -0.2) is 28.6 Å². The van der Waals surface area contributed by atoms with E-state index in [1.807, 2.05) is 0 Å². The fourth-order valence-electron chi connectivity index (χ4n) is 1.10. The van der Waals surface area contributed by atoms with E-state index < -0.39 is 6.10 Å². The van der Waals surface area contributed by atoms with E-state index in [1.165, 1.54) is 11.3 Å². The lowest BCUT2D eigenvalue weighted by Gasteiger charge is -2.05. The number of hydrogen-bond donors (Lipinski definition) is 3. The van der Waals surface area contributed by atoms with Crippen molar-refractivity contribution in [3.05, 3.63) is 10.6 Å². The molecule has 0 aliphatic heterocycles. The first-order valence-corrected chi connectivity index (χ1v) is 5.51. The molecule has 0 fully saturated rings. The van der Waals surface area contributed by atoms with Crippen molar-refractivity contribution in [2.45, 2.75) is 26.4 Å². The molecule has 0 aliphatic carbocycles. The van der Waals surface area contributed by atoms with Crippen LogP contribution in [0.5, 0.6) is 0 Å². The van der Waals surface area contributed by atoms with Gasteiger partial charge >= 0.3 is 0 Å². The first-order chi connectivity index (χ1) is 7.00. The molecule has 15 heavy (non-hydrogen) atoms. The van der Waals surface area contributed by atoms with Crippen molar-refractivity contribution in [2.75, 3.05) is 12.3 Å². The van der Waals surface area contributed by atoms with Gasteiger partial charge in [0.25, 0.3) is 5.91 Å². The number of aromatic nitrogens is 1. The second kappa shape index (κ2) is 5.09. The molecule has 1 unspecified atom stereocenters. The van der Waals surface area contributed by atoms with Crippen LogP contribution in [0.1, 0.15) is 28.7 Å². The number of nitrogens with zero attached hydrogens (tertiary/aromatic N) is 1. The van der Waals surface area contributed by atoms with Crippen LogP contribution in [0.4, 0.5) is 5.13 Å². The number of anilines is 1. The molecule has 6 heteroatoms. The molecule has 1 aromatic heterocycles. The third-order valence-corrected chi connectivity index (χ3v) is 2.85. The molecule has 4 N–H and O–H groups in total. The van der Waals surface area contributed by atoms with Gasteiger partial charge in [-0.2, -0.15) is 0 Å². The van der Waals surface area contributed by atoms with E-state index in [0.717, 1.165) is 0 Å². The van der Waals surface area contributed by atoms with Crippen LogP contribution in [0.3, 0.4) is 0 Å². The minimum atomic E-state index is -0.405. The van der Waals surface area contributed by atoms with Gasteiger partial charge in [-0.3, -0.25) is 4.79 Å². The molecule has 0 bridgehead atoms. The molecule has 1 heterocycles. The predicted octanol–water partition coefficient (Wildman–Crippen LogP) is 0.534. The standard InChI is InChI=1S/C9H15N3O2S/c1-5(13)3-4-11-8(14)7-6(2)12-9(10)15-7/h5,13H,3-4H2,1-2H3,(H2,10,12)(H,11,14). The Morgan fingerprint density at radius 3 is 2.87 bits per heavy atom. The maximum atomic E-state index is 11.6. The molecule has 1 rings (SSSR count). The van der Waals surface area contributed by atoms with Gasteiger partial charge in [0.05, 0.1) is 11.8 Å². The van der Waals surface area contributed by atoms with Gasteiger partial charge in [0.1, 0.15) is 4.88 Å². The first kappa shape index (κ1) is 11.9. The Bertz CT molecular complexity index is 349. The van der Waals surface area contributed by atoms with Crippen LogP contribution in [0, 0.1) is 6.92 Å². The molecule has 1 amide bonds. The van der Waals surface area contributed by atoms with Crippen LogP contribution in [0.25, 0.3) is 0 Å². The van der Waals surface area contributed by atoms with Crippen molar-refractivity contribution >= 4 is 22.4 Å². The van der Waals surface area contributed by atoms with E-state index in [2.05, 4.69) is 10.3 Å². The van der Waals surface area contributed by atoms with E-state index in [-0.39, 0.29) is 5.91 Å². The number of aliphatic hydroxyl groups excluding tert-OH is 1. The second-order valence-electron chi connectivity index (χ2n) is 3.36. The Labute approximate surface area is 92.3 Å². The molecule has 84 valence electrons. The van der Waals surface area contributed by atoms with Crippen molar-refractivity contribution in [1.29, 1.82) is 0 Å². The van der Waals surface area contributed by atoms with E-state index in [9.17, 15) is 4.79 Å². The predicted molar refractivity (Wildman–Crippen MR) is 59.9 cm³/mol. The highest BCUT2D eigenvalue weighted by Crippen LogP contribution is 2.19. The van der Waals surface area contributed by atoms with Gasteiger partial charge in [0, 0.05) is 6.54 Å². The van der Waals surface area contributed by atoms with Crippen LogP contribution in [-0.2, 0) is 0 Å². The quantitative estimate of drug-likeness (QED) is 0.703. The van der Waals surface area contributed by atoms with Crippen LogP contribution >= 0.6 is 11.3 Å². The smallest absolute Gasteiger partial charge is 0.263 e. The summed E-state index contributed by atoms with van der Waals surface area (Å²) in [7, 11) is 0. The highest BCUT2D eigenvalue weighted by atomic mass is 32.1. The third kappa shape index (κ3) is 3.49. The first-order valence-electron chi connectivity index (χ1n) is 4.70. The molecule has 0 saturated heterocycles. The Morgan fingerprint density at radius 2 is 2.40 bits per heavy atom. The van der Waals surface area contributed by atoms with Crippen molar-refractivity contribution in [3.63, 3.8) is 0 Å². The zero-order chi connectivity index (χ0) is 11.4. The number of aryl methyl sites for hydroxylation is 1. The number of amides is 1. The number of carbonyl (C=O) groups excluding carboxylic acids is 1. The molecular weight excluding hydrogens is 214 g/mol. The largest absolute Gasteiger partial charge is 0.393 e. The summed E-state index contributed by atoms with van der Waals surface area (Å²) in [6.07, 6.45) is 0.136. The van der Waals surface area contributed by atoms with Crippen molar-refractivity contribution < 1.29 is 9.90 Å². The summed E-state index contributed by atoms with van der Waals surface area (Å²) in [4.78, 5) is 16.1. The Morgan fingerprint density at radius 1 is 1.73 bits per heavy atom. The number of nitrogen functional groups attached to an aromatic ring is 1. The van der Waals surface area contributed by atoms with Gasteiger partial charge in [-0.05, 0) is 20.3 Å². The Kier molecular flexibility index (Phi) is 4.05. The highest BCUT2D eigenvalue weighted by Gasteiger charge is 2.13. The van der Waals surface area contributed by atoms with Gasteiger partial charge < -0.3 is 16.2 Å². The number of hydrogen-bond acceptors (Lipinski definition) is 5. The zero-order valence-corrected chi connectivity index (χ0v) is 9.60. The number of rotatable bonds is 4. The summed E-state index contributed by atoms with van der Waals surface area (Å²) >= 11 is 1.17. The van der Waals surface area contributed by atoms with Crippen LogP contribution in [0.2, 0.25) is 0 Å². The summed E-state index contributed by atoms with van der Waals surface area (Å²) in [5, 5.41) is 12.1. The van der Waals surface area contributed by atoms with E-state index >= 15 is 0 Å². The minimum absolute atomic E-state index is 0.178. The fourth-order valence-corrected chi connectivity index (χ4v) is 1.85. The molecule has 5 nitrogen and oxygen atoms in total. The summed E-state index contributed by atoms with van der Waals surface area (Å²) in [5.74, 6) is -0.178. The molecule has 1 atom stereocenters. The molecule has 0 aliphatic rings. The third-order valence-electron chi connectivity index (χ3n) is 1.87. The summed E-state index contributed by atoms with van der Waals surface area (Å²) in [5.41, 5.74) is 6.13. The normalized spacial score (nSPS) is 12.5. The number of thiazole rings is 1. The van der Waals surface area contributed by atoms with Gasteiger partial charge in [-0.1, -0.05) is 11.3 Å². The molecule has 0 saturated carbocycles. The molecule has 1 aromatic rings. The maximum Gasteiger partial charge on any atom is 0.263 e. The van der Waals surface area contributed by atoms with Gasteiger partial charge in [0.15, 0.2) is 5.13 Å². The highest BCUT2D eigenvalue weighted by molar-refractivity contribution is 7.17. The fraction of sp³-hybridized carbons (Fsp3) is 0.556. The number of nitrogens with two attached hydrogens (primary N) is 1. The van der Waals surface area contributed by atoms with Crippen molar-refractivity contribution in [2.24, 2.45) is 0 Å². The number of nitrogens with one attached hydrogen (secondary N) is 1. The van der Waals surface area contributed by atoms with Gasteiger partial charge in [-0.15, -0.1) is 0 Å². The minimum Gasteiger partial charge on any atom is -0.393 e. The maximum absolute atomic E-state index is 11.6. The molecule has 0 radical (unpaired) electrons. The second-order valence-corrected chi connectivity index (χ2v) is 4.39. The monoisotopic (exact) mass is 229 g/mol. The lowest BCUT2D eigenvalue weighted by Crippen LogP contribution is -2.26. The van der Waals surface area contributed by atoms with Gasteiger partial charge in [0.2, 0.25) is 0 Å². The molecular formula is C9H15N3O2S. The lowest BCUT2D eigenvalue weighted by molar-refractivity contribution is 0.0949. The lowest BCUT2D eigenvalue weighted by atomic mass is 10.3. The SMILES string of the molecule is Cc1nc(N)sc1C(=O)NCCC(C)O. The zero-order valence-electron chi connectivity index (χ0n) is 8.78. The summed E-state index contributed by atoms with van der Waals surface area (Å²) < 4.78 is 0. The van der Waals surface area contributed by atoms with Crippen molar-refractivity contribution in [1.82, 2.24) is 10.3 Å². The van der Waals surface area contributed by atoms with Crippen LogP contribution < -0.4 is 11.1 Å². The average Bonchev–Trinajstić information content (AvgIpc) is 2.44.